The van der Waals surface area contributed by atoms with Gasteiger partial charge in [0, 0.05) is 36.2 Å². The maximum atomic E-state index is 11.2. The number of benzene rings is 4. The van der Waals surface area contributed by atoms with Crippen LogP contribution in [0.3, 0.4) is 0 Å². The summed E-state index contributed by atoms with van der Waals surface area (Å²) in [6.07, 6.45) is 1.77. The first kappa shape index (κ1) is 19.2. The van der Waals surface area contributed by atoms with Crippen LogP contribution in [0.1, 0.15) is 58.0 Å². The third-order valence-corrected chi connectivity index (χ3v) is 8.87. The van der Waals surface area contributed by atoms with E-state index >= 15 is 0 Å². The lowest BCUT2D eigenvalue weighted by Crippen LogP contribution is -2.30. The number of phenolic OH excluding ortho intramolecular Hbond substituents is 1. The zero-order valence-electron chi connectivity index (χ0n) is 29.2. The predicted molar refractivity (Wildman–Crippen MR) is 171 cm³/mol. The molecule has 0 fully saturated rings. The Labute approximate surface area is 254 Å². The molecule has 2 aliphatic rings. The highest BCUT2D eigenvalue weighted by Gasteiger charge is 2.38. The number of hydrogen-bond donors (Lipinski definition) is 1. The van der Waals surface area contributed by atoms with E-state index in [-0.39, 0.29) is 27.8 Å². The van der Waals surface area contributed by atoms with Crippen LogP contribution in [0.5, 0.6) is 5.75 Å². The fourth-order valence-electron chi connectivity index (χ4n) is 6.80. The summed E-state index contributed by atoms with van der Waals surface area (Å²) in [5.74, 6) is 0.603. The van der Waals surface area contributed by atoms with Crippen molar-refractivity contribution < 1.29 is 13.3 Å². The van der Waals surface area contributed by atoms with Gasteiger partial charge in [0.2, 0.25) is 0 Å². The van der Waals surface area contributed by atoms with Crippen LogP contribution in [-0.2, 0) is 10.8 Å². The Morgan fingerprint density at radius 1 is 0.690 bits per heavy atom. The molecule has 4 aromatic carbocycles. The smallest absolute Gasteiger partial charge is 0.141 e. The van der Waals surface area contributed by atoms with Gasteiger partial charge < -0.3 is 5.11 Å². The van der Waals surface area contributed by atoms with Crippen LogP contribution in [-0.4, -0.2) is 15.1 Å². The molecule has 0 bridgehead atoms. The van der Waals surface area contributed by atoms with Gasteiger partial charge in [0.25, 0.3) is 0 Å². The van der Waals surface area contributed by atoms with Crippen molar-refractivity contribution in [2.45, 2.75) is 38.4 Å². The molecule has 0 unspecified atom stereocenters. The van der Waals surface area contributed by atoms with E-state index in [2.05, 4.69) is 43.0 Å². The summed E-state index contributed by atoms with van der Waals surface area (Å²) in [6, 6.07) is 31.8. The molecule has 4 heteroatoms. The van der Waals surface area contributed by atoms with Crippen molar-refractivity contribution in [2.24, 2.45) is 0 Å². The Morgan fingerprint density at radius 2 is 1.43 bits per heavy atom. The van der Waals surface area contributed by atoms with Crippen molar-refractivity contribution in [3.05, 3.63) is 132 Å². The van der Waals surface area contributed by atoms with E-state index < -0.39 is 19.1 Å². The van der Waals surface area contributed by atoms with E-state index in [0.29, 0.717) is 22.2 Å². The van der Waals surface area contributed by atoms with E-state index in [1.54, 1.807) is 30.5 Å². The molecule has 8 rings (SSSR count). The summed E-state index contributed by atoms with van der Waals surface area (Å²) in [4.78, 5) is 11.8. The van der Waals surface area contributed by atoms with Gasteiger partial charge in [-0.25, -0.2) is 9.97 Å². The van der Waals surface area contributed by atoms with Crippen LogP contribution in [0, 0.1) is 0 Å². The molecule has 1 aliphatic heterocycles. The van der Waals surface area contributed by atoms with Crippen LogP contribution in [0.2, 0.25) is 0 Å². The fourth-order valence-corrected chi connectivity index (χ4v) is 6.80. The summed E-state index contributed by atoms with van der Waals surface area (Å²) in [5, 5.41) is 11.6. The molecule has 2 aromatic heterocycles. The molecule has 0 spiro atoms. The lowest BCUT2D eigenvalue weighted by atomic mass is 9.69. The molecule has 1 aliphatic carbocycles. The number of nitrogens with zero attached hydrogens (tertiary/aromatic N) is 3. The number of aromatic nitrogens is 2. The van der Waals surface area contributed by atoms with Gasteiger partial charge >= 0.3 is 0 Å². The molecule has 0 saturated carbocycles. The Hall–Kier alpha value is -4.96. The van der Waals surface area contributed by atoms with Crippen LogP contribution < -0.4 is 4.90 Å². The molecule has 6 aromatic rings. The molecule has 0 atom stereocenters. The molecule has 0 radical (unpaired) electrons. The van der Waals surface area contributed by atoms with Gasteiger partial charge in [0.15, 0.2) is 0 Å². The van der Waals surface area contributed by atoms with Gasteiger partial charge in [-0.3, -0.25) is 4.90 Å². The summed E-state index contributed by atoms with van der Waals surface area (Å²) in [7, 11) is 0. The summed E-state index contributed by atoms with van der Waals surface area (Å²) < 4.78 is 51.8. The second-order valence-electron chi connectivity index (χ2n) is 11.6. The Bertz CT molecular complexity index is 2260. The monoisotopic (exact) mass is 551 g/mol. The second kappa shape index (κ2) is 8.53. The van der Waals surface area contributed by atoms with Crippen LogP contribution in [0.25, 0.3) is 33.3 Å². The third-order valence-electron chi connectivity index (χ3n) is 8.87. The molecule has 4 nitrogen and oxygen atoms in total. The molecule has 0 amide bonds. The largest absolute Gasteiger partial charge is 0.506 e. The number of aromatic hydroxyl groups is 1. The quantitative estimate of drug-likeness (QED) is 0.233. The number of pyridine rings is 2. The normalized spacial score (nSPS) is 18.3. The van der Waals surface area contributed by atoms with E-state index in [0.717, 1.165) is 28.3 Å². The molecule has 1 N–H and O–H groups in total. The van der Waals surface area contributed by atoms with Crippen LogP contribution in [0.4, 0.5) is 17.2 Å². The number of fused-ring (bicyclic) bond motifs is 4. The third kappa shape index (κ3) is 3.29. The second-order valence-corrected chi connectivity index (χ2v) is 11.6. The predicted octanol–water partition coefficient (Wildman–Crippen LogP) is 9.42. The van der Waals surface area contributed by atoms with Gasteiger partial charge in [0.05, 0.1) is 17.1 Å². The van der Waals surface area contributed by atoms with Crippen molar-refractivity contribution in [3.8, 4) is 28.1 Å². The van der Waals surface area contributed by atoms with Gasteiger partial charge in [-0.05, 0) is 69.8 Å². The zero-order valence-corrected chi connectivity index (χ0v) is 23.2. The lowest BCUT2D eigenvalue weighted by molar-refractivity contribution is 0.480. The molecule has 42 heavy (non-hydrogen) atoms. The molecular formula is C38H31N3O. The van der Waals surface area contributed by atoms with Gasteiger partial charge in [0.1, 0.15) is 17.1 Å². The summed E-state index contributed by atoms with van der Waals surface area (Å²) in [5.41, 5.74) is 4.47. The average molecular weight is 552 g/mol. The van der Waals surface area contributed by atoms with Gasteiger partial charge in [-0.2, -0.15) is 0 Å². The highest BCUT2D eigenvalue weighted by atomic mass is 16.3. The van der Waals surface area contributed by atoms with E-state index in [1.165, 1.54) is 17.7 Å². The number of para-hydroxylation sites is 1. The minimum absolute atomic E-state index is 0.105. The zero-order chi connectivity index (χ0) is 33.8. The Kier molecular flexibility index (Phi) is 3.90. The van der Waals surface area contributed by atoms with Gasteiger partial charge in [-0.1, -0.05) is 94.3 Å². The Morgan fingerprint density at radius 3 is 2.24 bits per heavy atom. The average Bonchev–Trinajstić information content (AvgIpc) is 3.05. The van der Waals surface area contributed by atoms with Crippen LogP contribution >= 0.6 is 0 Å². The standard InChI is InChI=1S/C38H31N3O/c1-37(2)26-12-6-5-11-24(26)25-22-30(40-36-33(42)19-18-29(37)35(25)36)23-16-17-28-32(21-23)41(34-15-9-10-20-39-34)31-14-8-7-13-27(31)38(28,3)4/h5-22,42H,1-4H3/i1D3,2D3. The van der Waals surface area contributed by atoms with Crippen LogP contribution in [0.15, 0.2) is 109 Å². The minimum Gasteiger partial charge on any atom is -0.506 e. The van der Waals surface area contributed by atoms with Crippen molar-refractivity contribution in [3.63, 3.8) is 0 Å². The topological polar surface area (TPSA) is 49.2 Å². The first-order chi connectivity index (χ1) is 22.8. The molecular weight excluding hydrogens is 514 g/mol. The highest BCUT2D eigenvalue weighted by molar-refractivity contribution is 6.05. The Balaban J connectivity index is 1.42. The van der Waals surface area contributed by atoms with Crippen molar-refractivity contribution >= 4 is 28.1 Å². The van der Waals surface area contributed by atoms with E-state index in [9.17, 15) is 5.11 Å². The SMILES string of the molecule is [2H]C([2H])([2H])C1(C([2H])([2H])[2H])c2ccccc2-c2cc(-c3ccc4c(c3)N(c3ccccn3)c3ccccc3C4(C)C)nc3c(O)ccc1c23. The summed E-state index contributed by atoms with van der Waals surface area (Å²) >= 11 is 0. The first-order valence-corrected chi connectivity index (χ1v) is 14.0. The van der Waals surface area contributed by atoms with Crippen molar-refractivity contribution in [2.75, 3.05) is 4.90 Å². The number of phenols is 1. The first-order valence-electron chi connectivity index (χ1n) is 17.0. The lowest BCUT2D eigenvalue weighted by Gasteiger charge is -2.41. The maximum Gasteiger partial charge on any atom is 0.141 e. The van der Waals surface area contributed by atoms with E-state index in [4.69, 9.17) is 18.2 Å². The minimum atomic E-state index is -2.94. The van der Waals surface area contributed by atoms with Gasteiger partial charge in [-0.15, -0.1) is 0 Å². The van der Waals surface area contributed by atoms with Crippen molar-refractivity contribution in [1.82, 2.24) is 9.97 Å². The fraction of sp³-hybridized carbons (Fsp3) is 0.158. The highest BCUT2D eigenvalue weighted by Crippen LogP contribution is 2.53. The number of anilines is 3. The molecule has 204 valence electrons. The molecule has 3 heterocycles. The van der Waals surface area contributed by atoms with Crippen molar-refractivity contribution in [1.29, 1.82) is 0 Å². The maximum absolute atomic E-state index is 11.2. The number of rotatable bonds is 2. The van der Waals surface area contributed by atoms with E-state index in [1.807, 2.05) is 42.5 Å². The number of hydrogen-bond acceptors (Lipinski definition) is 4. The molecule has 0 saturated heterocycles. The summed E-state index contributed by atoms with van der Waals surface area (Å²) in [6.45, 7) is -1.47.